The molecule has 0 aliphatic heterocycles. The second-order valence-electron chi connectivity index (χ2n) is 4.30. The third-order valence-corrected chi connectivity index (χ3v) is 3.87. The molecule has 2 aromatic heterocycles. The Bertz CT molecular complexity index is 785. The van der Waals surface area contributed by atoms with Gasteiger partial charge in [0.25, 0.3) is 0 Å². The summed E-state index contributed by atoms with van der Waals surface area (Å²) in [5, 5.41) is 12.3. The maximum Gasteiger partial charge on any atom is 0.326 e. The van der Waals surface area contributed by atoms with E-state index in [2.05, 4.69) is 9.97 Å². The standard InChI is InChI=1S/C14H11N3O2S/c15-12(14(18)19)11-7-20-13(17-11)9-3-4-10-8(6-9)2-1-5-16-10/h1-7,12H,15H2,(H,18,19). The number of hydrogen-bond donors (Lipinski definition) is 2. The molecule has 1 unspecified atom stereocenters. The Hall–Kier alpha value is -2.31. The molecule has 2 heterocycles. The highest BCUT2D eigenvalue weighted by Crippen LogP contribution is 2.28. The summed E-state index contributed by atoms with van der Waals surface area (Å²) in [7, 11) is 0. The summed E-state index contributed by atoms with van der Waals surface area (Å²) in [6.07, 6.45) is 1.75. The summed E-state index contributed by atoms with van der Waals surface area (Å²) >= 11 is 1.38. The van der Waals surface area contributed by atoms with Gasteiger partial charge in [0.1, 0.15) is 11.0 Å². The average Bonchev–Trinajstić information content (AvgIpc) is 2.95. The van der Waals surface area contributed by atoms with Crippen LogP contribution >= 0.6 is 11.3 Å². The zero-order valence-electron chi connectivity index (χ0n) is 10.4. The van der Waals surface area contributed by atoms with Gasteiger partial charge in [0.15, 0.2) is 0 Å². The number of benzene rings is 1. The van der Waals surface area contributed by atoms with Gasteiger partial charge in [0.2, 0.25) is 0 Å². The molecule has 0 aliphatic rings. The molecule has 100 valence electrons. The van der Waals surface area contributed by atoms with Crippen molar-refractivity contribution in [3.05, 3.63) is 47.6 Å². The lowest BCUT2D eigenvalue weighted by Crippen LogP contribution is -2.20. The zero-order valence-corrected chi connectivity index (χ0v) is 11.2. The Morgan fingerprint density at radius 2 is 2.20 bits per heavy atom. The third kappa shape index (κ3) is 2.26. The summed E-state index contributed by atoms with van der Waals surface area (Å²) in [5.41, 5.74) is 7.78. The van der Waals surface area contributed by atoms with E-state index < -0.39 is 12.0 Å². The molecular weight excluding hydrogens is 274 g/mol. The number of fused-ring (bicyclic) bond motifs is 1. The Kier molecular flexibility index (Phi) is 3.17. The molecule has 3 rings (SSSR count). The molecule has 0 aliphatic carbocycles. The van der Waals surface area contributed by atoms with Crippen molar-refractivity contribution in [1.82, 2.24) is 9.97 Å². The lowest BCUT2D eigenvalue weighted by atomic mass is 10.1. The van der Waals surface area contributed by atoms with E-state index in [4.69, 9.17) is 10.8 Å². The largest absolute Gasteiger partial charge is 0.480 e. The number of pyridine rings is 1. The molecule has 3 N–H and O–H groups in total. The predicted octanol–water partition coefficient (Wildman–Crippen LogP) is 2.44. The molecule has 0 amide bonds. The topological polar surface area (TPSA) is 89.1 Å². The Labute approximate surface area is 118 Å². The molecule has 3 aromatic rings. The molecule has 0 fully saturated rings. The van der Waals surface area contributed by atoms with Crippen LogP contribution in [0, 0.1) is 0 Å². The smallest absolute Gasteiger partial charge is 0.326 e. The minimum absolute atomic E-state index is 0.379. The number of aliphatic carboxylic acids is 1. The Morgan fingerprint density at radius 3 is 3.00 bits per heavy atom. The lowest BCUT2D eigenvalue weighted by molar-refractivity contribution is -0.138. The van der Waals surface area contributed by atoms with Crippen LogP contribution in [0.15, 0.2) is 41.9 Å². The normalized spacial score (nSPS) is 12.4. The second-order valence-corrected chi connectivity index (χ2v) is 5.16. The van der Waals surface area contributed by atoms with Crippen LogP contribution in [0.3, 0.4) is 0 Å². The maximum absolute atomic E-state index is 10.9. The average molecular weight is 285 g/mol. The highest BCUT2D eigenvalue weighted by atomic mass is 32.1. The summed E-state index contributed by atoms with van der Waals surface area (Å²) in [6.45, 7) is 0. The van der Waals surface area contributed by atoms with E-state index in [1.807, 2.05) is 30.3 Å². The van der Waals surface area contributed by atoms with Gasteiger partial charge in [-0.1, -0.05) is 6.07 Å². The van der Waals surface area contributed by atoms with Crippen molar-refractivity contribution in [2.75, 3.05) is 0 Å². The predicted molar refractivity (Wildman–Crippen MR) is 77.4 cm³/mol. The minimum atomic E-state index is -1.08. The molecular formula is C14H11N3O2S. The number of nitrogens with two attached hydrogens (primary N) is 1. The van der Waals surface area contributed by atoms with Crippen molar-refractivity contribution < 1.29 is 9.90 Å². The maximum atomic E-state index is 10.9. The number of aromatic nitrogens is 2. The Morgan fingerprint density at radius 1 is 1.35 bits per heavy atom. The molecule has 20 heavy (non-hydrogen) atoms. The monoisotopic (exact) mass is 285 g/mol. The summed E-state index contributed by atoms with van der Waals surface area (Å²) in [4.78, 5) is 19.4. The molecule has 1 atom stereocenters. The molecule has 0 saturated carbocycles. The van der Waals surface area contributed by atoms with E-state index in [-0.39, 0.29) is 0 Å². The van der Waals surface area contributed by atoms with Gasteiger partial charge in [-0.05, 0) is 24.3 Å². The zero-order chi connectivity index (χ0) is 14.1. The van der Waals surface area contributed by atoms with Gasteiger partial charge < -0.3 is 10.8 Å². The first-order valence-electron chi connectivity index (χ1n) is 5.94. The number of hydrogen-bond acceptors (Lipinski definition) is 5. The molecule has 0 saturated heterocycles. The summed E-state index contributed by atoms with van der Waals surface area (Å²) in [5.74, 6) is -1.08. The quantitative estimate of drug-likeness (QED) is 0.771. The van der Waals surface area contributed by atoms with Gasteiger partial charge in [-0.3, -0.25) is 9.78 Å². The number of thiazole rings is 1. The second kappa shape index (κ2) is 4.99. The van der Waals surface area contributed by atoms with Crippen LogP contribution in [-0.4, -0.2) is 21.0 Å². The van der Waals surface area contributed by atoms with Crippen molar-refractivity contribution in [2.45, 2.75) is 6.04 Å². The van der Waals surface area contributed by atoms with Crippen LogP contribution in [0.4, 0.5) is 0 Å². The minimum Gasteiger partial charge on any atom is -0.480 e. The van der Waals surface area contributed by atoms with Gasteiger partial charge in [-0.25, -0.2) is 4.98 Å². The molecule has 0 bridgehead atoms. The van der Waals surface area contributed by atoms with Crippen molar-refractivity contribution in [3.8, 4) is 10.6 Å². The first kappa shape index (κ1) is 12.7. The van der Waals surface area contributed by atoms with Crippen molar-refractivity contribution in [1.29, 1.82) is 0 Å². The fourth-order valence-corrected chi connectivity index (χ4v) is 2.75. The van der Waals surface area contributed by atoms with Gasteiger partial charge >= 0.3 is 5.97 Å². The van der Waals surface area contributed by atoms with Crippen molar-refractivity contribution in [3.63, 3.8) is 0 Å². The summed E-state index contributed by atoms with van der Waals surface area (Å²) in [6, 6.07) is 8.59. The highest BCUT2D eigenvalue weighted by Gasteiger charge is 2.18. The molecule has 5 nitrogen and oxygen atoms in total. The lowest BCUT2D eigenvalue weighted by Gasteiger charge is -2.02. The fraction of sp³-hybridized carbons (Fsp3) is 0.0714. The van der Waals surface area contributed by atoms with Crippen molar-refractivity contribution >= 4 is 28.2 Å². The van der Waals surface area contributed by atoms with E-state index in [9.17, 15) is 4.79 Å². The van der Waals surface area contributed by atoms with E-state index in [0.29, 0.717) is 5.69 Å². The third-order valence-electron chi connectivity index (χ3n) is 2.96. The van der Waals surface area contributed by atoms with Gasteiger partial charge in [0, 0.05) is 22.5 Å². The van der Waals surface area contributed by atoms with Gasteiger partial charge in [-0.2, -0.15) is 0 Å². The van der Waals surface area contributed by atoms with E-state index in [1.54, 1.807) is 11.6 Å². The number of rotatable bonds is 3. The Balaban J connectivity index is 2.01. The van der Waals surface area contributed by atoms with Crippen LogP contribution in [0.2, 0.25) is 0 Å². The van der Waals surface area contributed by atoms with E-state index >= 15 is 0 Å². The number of carboxylic acid groups (broad SMARTS) is 1. The first-order chi connectivity index (χ1) is 9.65. The van der Waals surface area contributed by atoms with E-state index in [1.165, 1.54) is 11.3 Å². The van der Waals surface area contributed by atoms with Crippen LogP contribution in [0.5, 0.6) is 0 Å². The van der Waals surface area contributed by atoms with Crippen LogP contribution < -0.4 is 5.73 Å². The number of carbonyl (C=O) groups is 1. The molecule has 1 aromatic carbocycles. The first-order valence-corrected chi connectivity index (χ1v) is 6.82. The van der Waals surface area contributed by atoms with Crippen LogP contribution in [-0.2, 0) is 4.79 Å². The van der Waals surface area contributed by atoms with Crippen LogP contribution in [0.25, 0.3) is 21.5 Å². The SMILES string of the molecule is NC(C(=O)O)c1csc(-c2ccc3ncccc3c2)n1. The highest BCUT2D eigenvalue weighted by molar-refractivity contribution is 7.13. The van der Waals surface area contributed by atoms with Crippen LogP contribution in [0.1, 0.15) is 11.7 Å². The molecule has 0 spiro atoms. The number of nitrogens with zero attached hydrogens (tertiary/aromatic N) is 2. The van der Waals surface area contributed by atoms with Gasteiger partial charge in [0.05, 0.1) is 11.2 Å². The molecule has 6 heteroatoms. The van der Waals surface area contributed by atoms with Gasteiger partial charge in [-0.15, -0.1) is 11.3 Å². The fourth-order valence-electron chi connectivity index (χ4n) is 1.90. The number of carboxylic acids is 1. The van der Waals surface area contributed by atoms with E-state index in [0.717, 1.165) is 21.5 Å². The summed E-state index contributed by atoms with van der Waals surface area (Å²) < 4.78 is 0. The van der Waals surface area contributed by atoms with Crippen molar-refractivity contribution in [2.24, 2.45) is 5.73 Å². The molecule has 0 radical (unpaired) electrons.